The lowest BCUT2D eigenvalue weighted by molar-refractivity contribution is 0.0170. The van der Waals surface area contributed by atoms with Crippen LogP contribution in [0.15, 0.2) is 29.3 Å². The molecule has 29 heavy (non-hydrogen) atoms. The molecule has 1 aromatic rings. The van der Waals surface area contributed by atoms with Crippen molar-refractivity contribution in [1.82, 2.24) is 15.5 Å². The third kappa shape index (κ3) is 7.42. The van der Waals surface area contributed by atoms with E-state index < -0.39 is 0 Å². The molecule has 8 heteroatoms. The summed E-state index contributed by atoms with van der Waals surface area (Å²) in [5, 5.41) is 7.61. The average molecular weight is 425 g/mol. The zero-order valence-corrected chi connectivity index (χ0v) is 18.0. The van der Waals surface area contributed by atoms with Crippen LogP contribution in [0.3, 0.4) is 0 Å². The summed E-state index contributed by atoms with van der Waals surface area (Å²) >= 11 is 6.08. The Hall–Kier alpha value is -1.38. The number of ether oxygens (including phenoxy) is 3. The summed E-state index contributed by atoms with van der Waals surface area (Å²) in [7, 11) is 1.80. The van der Waals surface area contributed by atoms with E-state index in [1.807, 2.05) is 12.1 Å². The SMILES string of the molecule is CN=C(NCCCOC1CCOC1)NCC(c1ccc(Cl)cc1)N1CCOCC1. The molecule has 2 heterocycles. The minimum absolute atomic E-state index is 0.236. The van der Waals surface area contributed by atoms with Crippen molar-refractivity contribution in [3.63, 3.8) is 0 Å². The predicted molar refractivity (Wildman–Crippen MR) is 116 cm³/mol. The van der Waals surface area contributed by atoms with Crippen molar-refractivity contribution in [2.24, 2.45) is 4.99 Å². The molecule has 0 radical (unpaired) electrons. The van der Waals surface area contributed by atoms with Crippen LogP contribution in [0.1, 0.15) is 24.4 Å². The van der Waals surface area contributed by atoms with Gasteiger partial charge in [-0.15, -0.1) is 0 Å². The van der Waals surface area contributed by atoms with Gasteiger partial charge in [0.25, 0.3) is 0 Å². The highest BCUT2D eigenvalue weighted by Crippen LogP contribution is 2.23. The van der Waals surface area contributed by atoms with Crippen molar-refractivity contribution in [1.29, 1.82) is 0 Å². The van der Waals surface area contributed by atoms with Gasteiger partial charge >= 0.3 is 0 Å². The molecule has 0 bridgehead atoms. The number of rotatable bonds is 9. The summed E-state index contributed by atoms with van der Waals surface area (Å²) in [5.74, 6) is 0.807. The molecule has 2 aliphatic heterocycles. The second-order valence-electron chi connectivity index (χ2n) is 7.31. The normalized spacial score (nSPS) is 21.9. The Morgan fingerprint density at radius 3 is 2.69 bits per heavy atom. The van der Waals surface area contributed by atoms with Gasteiger partial charge in [0.2, 0.25) is 0 Å². The number of hydrogen-bond donors (Lipinski definition) is 2. The lowest BCUT2D eigenvalue weighted by Gasteiger charge is -2.35. The molecule has 2 atom stereocenters. The Morgan fingerprint density at radius 1 is 1.21 bits per heavy atom. The van der Waals surface area contributed by atoms with Crippen LogP contribution in [0.2, 0.25) is 5.02 Å². The van der Waals surface area contributed by atoms with Crippen LogP contribution >= 0.6 is 11.6 Å². The van der Waals surface area contributed by atoms with Crippen LogP contribution in [-0.4, -0.2) is 83.2 Å². The summed E-state index contributed by atoms with van der Waals surface area (Å²) < 4.78 is 16.7. The Kier molecular flexibility index (Phi) is 9.50. The molecule has 2 unspecified atom stereocenters. The van der Waals surface area contributed by atoms with Gasteiger partial charge in [0.15, 0.2) is 5.96 Å². The Labute approximate surface area is 178 Å². The minimum atomic E-state index is 0.236. The topological polar surface area (TPSA) is 67.4 Å². The number of halogens is 1. The maximum atomic E-state index is 6.08. The molecule has 0 aromatic heterocycles. The summed E-state index contributed by atoms with van der Waals surface area (Å²) in [6.45, 7) is 7.23. The van der Waals surface area contributed by atoms with E-state index in [9.17, 15) is 0 Å². The van der Waals surface area contributed by atoms with E-state index in [1.54, 1.807) is 7.05 Å². The van der Waals surface area contributed by atoms with Gasteiger partial charge < -0.3 is 24.8 Å². The van der Waals surface area contributed by atoms with Crippen LogP contribution in [-0.2, 0) is 14.2 Å². The highest BCUT2D eigenvalue weighted by Gasteiger charge is 2.23. The van der Waals surface area contributed by atoms with Crippen LogP contribution in [0.5, 0.6) is 0 Å². The first-order chi connectivity index (χ1) is 14.3. The first-order valence-corrected chi connectivity index (χ1v) is 10.8. The fourth-order valence-electron chi connectivity index (χ4n) is 3.62. The Balaban J connectivity index is 1.45. The molecular formula is C21H33ClN4O3. The number of aliphatic imine (C=N–C) groups is 1. The summed E-state index contributed by atoms with van der Waals surface area (Å²) in [5.41, 5.74) is 1.24. The van der Waals surface area contributed by atoms with E-state index in [0.29, 0.717) is 0 Å². The predicted octanol–water partition coefficient (Wildman–Crippen LogP) is 2.07. The number of guanidine groups is 1. The Bertz CT molecular complexity index is 617. The largest absolute Gasteiger partial charge is 0.379 e. The fourth-order valence-corrected chi connectivity index (χ4v) is 3.75. The van der Waals surface area contributed by atoms with E-state index in [2.05, 4.69) is 32.7 Å². The fraction of sp³-hybridized carbons (Fsp3) is 0.667. The molecule has 2 aliphatic rings. The van der Waals surface area contributed by atoms with Gasteiger partial charge in [-0.25, -0.2) is 0 Å². The van der Waals surface area contributed by atoms with E-state index >= 15 is 0 Å². The number of morpholine rings is 1. The molecule has 2 N–H and O–H groups in total. The first-order valence-electron chi connectivity index (χ1n) is 10.5. The van der Waals surface area contributed by atoms with Crippen molar-refractivity contribution in [2.75, 3.05) is 66.3 Å². The Morgan fingerprint density at radius 2 is 2.00 bits per heavy atom. The van der Waals surface area contributed by atoms with Gasteiger partial charge in [-0.1, -0.05) is 23.7 Å². The van der Waals surface area contributed by atoms with Crippen LogP contribution in [0.4, 0.5) is 0 Å². The van der Waals surface area contributed by atoms with Crippen LogP contribution < -0.4 is 10.6 Å². The van der Waals surface area contributed by atoms with Crippen molar-refractivity contribution in [3.8, 4) is 0 Å². The zero-order chi connectivity index (χ0) is 20.3. The van der Waals surface area contributed by atoms with Crippen LogP contribution in [0, 0.1) is 0 Å². The van der Waals surface area contributed by atoms with E-state index in [1.165, 1.54) is 5.56 Å². The smallest absolute Gasteiger partial charge is 0.191 e. The van der Waals surface area contributed by atoms with Crippen molar-refractivity contribution < 1.29 is 14.2 Å². The lowest BCUT2D eigenvalue weighted by atomic mass is 10.0. The molecule has 0 amide bonds. The summed E-state index contributed by atoms with van der Waals surface area (Å²) in [6, 6.07) is 8.34. The second-order valence-corrected chi connectivity index (χ2v) is 7.74. The minimum Gasteiger partial charge on any atom is -0.379 e. The molecule has 3 rings (SSSR count). The number of hydrogen-bond acceptors (Lipinski definition) is 5. The molecule has 7 nitrogen and oxygen atoms in total. The van der Waals surface area contributed by atoms with Gasteiger partial charge in [-0.3, -0.25) is 9.89 Å². The quantitative estimate of drug-likeness (QED) is 0.359. The van der Waals surface area contributed by atoms with E-state index in [4.69, 9.17) is 25.8 Å². The standard InChI is InChI=1S/C21H33ClN4O3/c1-23-21(24-8-2-11-29-19-7-12-28-16-19)25-15-20(26-9-13-27-14-10-26)17-3-5-18(22)6-4-17/h3-6,19-20H,2,7-16H2,1H3,(H2,23,24,25). The molecule has 2 fully saturated rings. The molecule has 2 saturated heterocycles. The highest BCUT2D eigenvalue weighted by molar-refractivity contribution is 6.30. The molecule has 0 saturated carbocycles. The second kappa shape index (κ2) is 12.3. The zero-order valence-electron chi connectivity index (χ0n) is 17.2. The van der Waals surface area contributed by atoms with Crippen molar-refractivity contribution >= 4 is 17.6 Å². The molecule has 0 aliphatic carbocycles. The molecule has 162 valence electrons. The maximum Gasteiger partial charge on any atom is 0.191 e. The monoisotopic (exact) mass is 424 g/mol. The van der Waals surface area contributed by atoms with Crippen LogP contribution in [0.25, 0.3) is 0 Å². The number of benzene rings is 1. The molecule has 1 aromatic carbocycles. The van der Waals surface area contributed by atoms with E-state index in [-0.39, 0.29) is 12.1 Å². The highest BCUT2D eigenvalue weighted by atomic mass is 35.5. The van der Waals surface area contributed by atoms with Gasteiger partial charge in [-0.2, -0.15) is 0 Å². The van der Waals surface area contributed by atoms with Gasteiger partial charge in [0.05, 0.1) is 32.0 Å². The van der Waals surface area contributed by atoms with Crippen molar-refractivity contribution in [3.05, 3.63) is 34.9 Å². The van der Waals surface area contributed by atoms with Gasteiger partial charge in [0.1, 0.15) is 0 Å². The average Bonchev–Trinajstić information content (AvgIpc) is 3.27. The number of nitrogens with zero attached hydrogens (tertiary/aromatic N) is 2. The summed E-state index contributed by atoms with van der Waals surface area (Å²) in [4.78, 5) is 6.81. The lowest BCUT2D eigenvalue weighted by Crippen LogP contribution is -2.46. The molecule has 0 spiro atoms. The first kappa shape index (κ1) is 22.3. The van der Waals surface area contributed by atoms with Crippen molar-refractivity contribution in [2.45, 2.75) is 25.0 Å². The molecular weight excluding hydrogens is 392 g/mol. The number of nitrogens with one attached hydrogen (secondary N) is 2. The van der Waals surface area contributed by atoms with Gasteiger partial charge in [0, 0.05) is 51.5 Å². The van der Waals surface area contributed by atoms with Gasteiger partial charge in [-0.05, 0) is 30.5 Å². The summed E-state index contributed by atoms with van der Waals surface area (Å²) in [6.07, 6.45) is 2.20. The third-order valence-corrected chi connectivity index (χ3v) is 5.53. The third-order valence-electron chi connectivity index (χ3n) is 5.28. The van der Waals surface area contributed by atoms with E-state index in [0.717, 1.165) is 83.0 Å². The maximum absolute atomic E-state index is 6.08.